The van der Waals surface area contributed by atoms with Gasteiger partial charge in [-0.25, -0.2) is 13.4 Å². The van der Waals surface area contributed by atoms with Crippen LogP contribution in [0.2, 0.25) is 0 Å². The maximum Gasteiger partial charge on any atom is 0.260 e. The molecule has 0 saturated carbocycles. The van der Waals surface area contributed by atoms with Crippen molar-refractivity contribution in [1.29, 1.82) is 0 Å². The monoisotopic (exact) mass is 585 g/mol. The summed E-state index contributed by atoms with van der Waals surface area (Å²) in [4.78, 5) is 20.3. The minimum absolute atomic E-state index is 0.137. The summed E-state index contributed by atoms with van der Waals surface area (Å²) in [6.45, 7) is 5.16. The van der Waals surface area contributed by atoms with Crippen molar-refractivity contribution in [2.24, 2.45) is 0 Å². The third kappa shape index (κ3) is 6.32. The molecule has 0 aliphatic heterocycles. The molecular weight excluding hydrogens is 550 g/mol. The molecule has 4 aromatic rings. The number of amides is 1. The fourth-order valence-electron chi connectivity index (χ4n) is 4.27. The molecule has 11 heteroatoms. The van der Waals surface area contributed by atoms with E-state index in [4.69, 9.17) is 18.9 Å². The van der Waals surface area contributed by atoms with Crippen LogP contribution in [0.3, 0.4) is 0 Å². The number of carbonyl (C=O) groups is 1. The molecule has 9 nitrogen and oxygen atoms in total. The topological polar surface area (TPSA) is 102 Å². The zero-order valence-corrected chi connectivity index (χ0v) is 24.9. The van der Waals surface area contributed by atoms with Gasteiger partial charge in [0, 0.05) is 18.7 Å². The molecule has 40 heavy (non-hydrogen) atoms. The Morgan fingerprint density at radius 3 is 2.17 bits per heavy atom. The molecule has 0 atom stereocenters. The number of nitrogens with zero attached hydrogens (tertiary/aromatic N) is 3. The number of aromatic nitrogens is 1. The summed E-state index contributed by atoms with van der Waals surface area (Å²) in [7, 11) is -0.539. The van der Waals surface area contributed by atoms with E-state index in [-0.39, 0.29) is 17.3 Å². The number of anilines is 1. The third-order valence-corrected chi connectivity index (χ3v) is 9.54. The normalized spacial score (nSPS) is 11.7. The first kappa shape index (κ1) is 29.6. The molecule has 2 aromatic carbocycles. The Morgan fingerprint density at radius 2 is 1.60 bits per heavy atom. The average Bonchev–Trinajstić information content (AvgIpc) is 3.65. The minimum atomic E-state index is -3.68. The maximum absolute atomic E-state index is 13.9. The van der Waals surface area contributed by atoms with Gasteiger partial charge in [0.25, 0.3) is 5.91 Å². The molecule has 2 heterocycles. The summed E-state index contributed by atoms with van der Waals surface area (Å²) >= 11 is 1.30. The van der Waals surface area contributed by atoms with Crippen molar-refractivity contribution in [2.45, 2.75) is 51.0 Å². The van der Waals surface area contributed by atoms with Gasteiger partial charge in [0.2, 0.25) is 10.0 Å². The summed E-state index contributed by atoms with van der Waals surface area (Å²) < 4.78 is 45.6. The lowest BCUT2D eigenvalue weighted by Crippen LogP contribution is -2.33. The van der Waals surface area contributed by atoms with Gasteiger partial charge in [-0.3, -0.25) is 9.69 Å². The van der Waals surface area contributed by atoms with E-state index in [9.17, 15) is 13.2 Å². The van der Waals surface area contributed by atoms with E-state index >= 15 is 0 Å². The van der Waals surface area contributed by atoms with Crippen LogP contribution in [0.15, 0.2) is 64.1 Å². The number of thiazole rings is 1. The smallest absolute Gasteiger partial charge is 0.260 e. The van der Waals surface area contributed by atoms with Crippen LogP contribution in [0, 0.1) is 0 Å². The number of hydrogen-bond acceptors (Lipinski definition) is 8. The number of fused-ring (bicyclic) bond motifs is 1. The van der Waals surface area contributed by atoms with Gasteiger partial charge >= 0.3 is 0 Å². The molecule has 0 aliphatic rings. The number of sulfonamides is 1. The lowest BCUT2D eigenvalue weighted by Gasteiger charge is -2.22. The fourth-order valence-corrected chi connectivity index (χ4v) is 6.86. The van der Waals surface area contributed by atoms with Crippen molar-refractivity contribution >= 4 is 42.6 Å². The van der Waals surface area contributed by atoms with E-state index in [2.05, 4.69) is 0 Å². The van der Waals surface area contributed by atoms with Crippen LogP contribution in [0.25, 0.3) is 10.2 Å². The summed E-state index contributed by atoms with van der Waals surface area (Å²) in [5, 5.41) is 0.432. The second-order valence-electron chi connectivity index (χ2n) is 9.25. The molecule has 0 bridgehead atoms. The first-order valence-electron chi connectivity index (χ1n) is 13.3. The number of carbonyl (C=O) groups excluding carboxylic acids is 1. The van der Waals surface area contributed by atoms with E-state index in [0.717, 1.165) is 30.4 Å². The molecule has 0 spiro atoms. The molecule has 0 radical (unpaired) electrons. The SMILES string of the molecule is CCCCN(CCCC)S(=O)(=O)c1ccc(C(=O)N(Cc2ccco2)c2nc3c(OC)ccc(OC)c3s2)cc1. The largest absolute Gasteiger partial charge is 0.495 e. The van der Waals surface area contributed by atoms with E-state index in [0.29, 0.717) is 46.6 Å². The summed E-state index contributed by atoms with van der Waals surface area (Å²) in [6, 6.07) is 13.2. The predicted molar refractivity (Wildman–Crippen MR) is 157 cm³/mol. The van der Waals surface area contributed by atoms with Crippen molar-refractivity contribution < 1.29 is 27.1 Å². The lowest BCUT2D eigenvalue weighted by atomic mass is 10.2. The van der Waals surface area contributed by atoms with Crippen LogP contribution in [0.5, 0.6) is 11.5 Å². The summed E-state index contributed by atoms with van der Waals surface area (Å²) in [5.74, 6) is 1.42. The number of unbranched alkanes of at least 4 members (excludes halogenated alkanes) is 2. The second-order valence-corrected chi connectivity index (χ2v) is 12.2. The number of hydrogen-bond donors (Lipinski definition) is 0. The highest BCUT2D eigenvalue weighted by Gasteiger charge is 2.27. The van der Waals surface area contributed by atoms with Crippen LogP contribution >= 0.6 is 11.3 Å². The summed E-state index contributed by atoms with van der Waals surface area (Å²) in [6.07, 6.45) is 4.93. The molecule has 0 unspecified atom stereocenters. The van der Waals surface area contributed by atoms with Gasteiger partial charge < -0.3 is 13.9 Å². The molecule has 214 valence electrons. The van der Waals surface area contributed by atoms with Crippen molar-refractivity contribution in [3.8, 4) is 11.5 Å². The van der Waals surface area contributed by atoms with Crippen LogP contribution < -0.4 is 14.4 Å². The number of methoxy groups -OCH3 is 2. The fraction of sp³-hybridized carbons (Fsp3) is 0.379. The average molecular weight is 586 g/mol. The number of benzene rings is 2. The number of ether oxygens (including phenoxy) is 2. The van der Waals surface area contributed by atoms with Gasteiger partial charge in [-0.15, -0.1) is 0 Å². The molecule has 0 fully saturated rings. The maximum atomic E-state index is 13.9. The number of rotatable bonds is 14. The quantitative estimate of drug-likeness (QED) is 0.170. The van der Waals surface area contributed by atoms with E-state index in [1.165, 1.54) is 28.4 Å². The van der Waals surface area contributed by atoms with Crippen molar-refractivity contribution in [3.05, 3.63) is 66.1 Å². The van der Waals surface area contributed by atoms with Crippen molar-refractivity contribution in [3.63, 3.8) is 0 Å². The van der Waals surface area contributed by atoms with Crippen LogP contribution in [-0.2, 0) is 16.6 Å². The zero-order chi connectivity index (χ0) is 28.7. The standard InChI is InChI=1S/C29H35N3O6S2/c1-5-7-17-31(18-8-6-2)40(34,35)23-13-11-21(12-14-23)28(33)32(20-22-10-9-19-38-22)29-30-26-24(36-3)15-16-25(37-4)27(26)39-29/h9-16,19H,5-8,17-18,20H2,1-4H3. The Bertz CT molecular complexity index is 1470. The Labute approximate surface area is 239 Å². The Morgan fingerprint density at radius 1 is 0.950 bits per heavy atom. The molecule has 1 amide bonds. The first-order valence-corrected chi connectivity index (χ1v) is 15.6. The Kier molecular flexibility index (Phi) is 9.83. The highest BCUT2D eigenvalue weighted by atomic mass is 32.2. The zero-order valence-electron chi connectivity index (χ0n) is 23.3. The van der Waals surface area contributed by atoms with Crippen LogP contribution in [0.4, 0.5) is 5.13 Å². The summed E-state index contributed by atoms with van der Waals surface area (Å²) in [5.41, 5.74) is 0.914. The first-order chi connectivity index (χ1) is 19.3. The van der Waals surface area contributed by atoms with Gasteiger partial charge in [-0.05, 0) is 61.4 Å². The molecular formula is C29H35N3O6S2. The minimum Gasteiger partial charge on any atom is -0.495 e. The van der Waals surface area contributed by atoms with Gasteiger partial charge in [0.05, 0.1) is 31.9 Å². The molecule has 4 rings (SSSR count). The van der Waals surface area contributed by atoms with E-state index < -0.39 is 10.0 Å². The van der Waals surface area contributed by atoms with E-state index in [1.807, 2.05) is 13.8 Å². The highest BCUT2D eigenvalue weighted by Crippen LogP contribution is 2.40. The van der Waals surface area contributed by atoms with Crippen molar-refractivity contribution in [2.75, 3.05) is 32.2 Å². The van der Waals surface area contributed by atoms with Crippen LogP contribution in [-0.4, -0.2) is 50.9 Å². The number of furan rings is 1. The lowest BCUT2D eigenvalue weighted by molar-refractivity contribution is 0.0983. The molecule has 0 N–H and O–H groups in total. The Hall–Kier alpha value is -3.41. The van der Waals surface area contributed by atoms with E-state index in [1.54, 1.807) is 61.2 Å². The van der Waals surface area contributed by atoms with Gasteiger partial charge in [0.15, 0.2) is 5.13 Å². The molecule has 0 aliphatic carbocycles. The third-order valence-electron chi connectivity index (χ3n) is 6.53. The van der Waals surface area contributed by atoms with Gasteiger partial charge in [-0.2, -0.15) is 4.31 Å². The predicted octanol–water partition coefficient (Wildman–Crippen LogP) is 6.34. The molecule has 2 aromatic heterocycles. The Balaban J connectivity index is 1.69. The van der Waals surface area contributed by atoms with Crippen LogP contribution in [0.1, 0.15) is 55.6 Å². The van der Waals surface area contributed by atoms with Crippen molar-refractivity contribution in [1.82, 2.24) is 9.29 Å². The second kappa shape index (κ2) is 13.3. The van der Waals surface area contributed by atoms with Gasteiger partial charge in [0.1, 0.15) is 27.5 Å². The highest BCUT2D eigenvalue weighted by molar-refractivity contribution is 7.89. The van der Waals surface area contributed by atoms with Gasteiger partial charge in [-0.1, -0.05) is 38.0 Å². The molecule has 0 saturated heterocycles.